The van der Waals surface area contributed by atoms with Crippen LogP contribution in [0.1, 0.15) is 23.2 Å². The highest BCUT2D eigenvalue weighted by molar-refractivity contribution is 5.90. The average molecular weight is 367 g/mol. The zero-order valence-corrected chi connectivity index (χ0v) is 14.5. The Morgan fingerprint density at radius 3 is 2.85 bits per heavy atom. The number of hydroxylamine groups is 3. The number of hydrogen-bond donors (Lipinski definition) is 2. The van der Waals surface area contributed by atoms with Crippen LogP contribution in [0.2, 0.25) is 0 Å². The molecule has 10 heteroatoms. The summed E-state index contributed by atoms with van der Waals surface area (Å²) in [6.07, 6.45) is 0. The van der Waals surface area contributed by atoms with Crippen molar-refractivity contribution in [1.82, 2.24) is 15.4 Å². The van der Waals surface area contributed by atoms with Crippen LogP contribution in [-0.4, -0.2) is 67.9 Å². The number of nitrogens with zero attached hydrogens (tertiary/aromatic N) is 2. The molecule has 0 aliphatic carbocycles. The molecule has 2 N–H and O–H groups in total. The van der Waals surface area contributed by atoms with E-state index >= 15 is 0 Å². The van der Waals surface area contributed by atoms with Crippen molar-refractivity contribution in [2.75, 3.05) is 40.8 Å². The third-order valence-electron chi connectivity index (χ3n) is 4.32. The molecule has 0 saturated carbocycles. The fraction of sp³-hybridized carbons (Fsp3) is 0.500. The van der Waals surface area contributed by atoms with Crippen molar-refractivity contribution in [3.63, 3.8) is 0 Å². The molecule has 1 aromatic rings. The lowest BCUT2D eigenvalue weighted by Gasteiger charge is -2.31. The van der Waals surface area contributed by atoms with Crippen LogP contribution in [0.3, 0.4) is 0 Å². The topological polar surface area (TPSA) is 110 Å². The largest absolute Gasteiger partial charge is 0.468 e. The summed E-state index contributed by atoms with van der Waals surface area (Å²) in [4.78, 5) is 30.6. The van der Waals surface area contributed by atoms with Gasteiger partial charge in [0.1, 0.15) is 17.8 Å². The third-order valence-corrected chi connectivity index (χ3v) is 4.32. The van der Waals surface area contributed by atoms with Crippen LogP contribution >= 0.6 is 0 Å². The highest BCUT2D eigenvalue weighted by Crippen LogP contribution is 2.44. The Kier molecular flexibility index (Phi) is 5.57. The van der Waals surface area contributed by atoms with Gasteiger partial charge >= 0.3 is 6.03 Å². The third kappa shape index (κ3) is 3.31. The summed E-state index contributed by atoms with van der Waals surface area (Å²) in [5.41, 5.74) is 3.49. The summed E-state index contributed by atoms with van der Waals surface area (Å²) in [7, 11) is 2.89. The van der Waals surface area contributed by atoms with Crippen LogP contribution in [-0.2, 0) is 19.1 Å². The average Bonchev–Trinajstić information content (AvgIpc) is 2.88. The molecule has 0 radical (unpaired) electrons. The van der Waals surface area contributed by atoms with E-state index in [1.165, 1.54) is 12.0 Å². The number of fused-ring (bicyclic) bond motifs is 4. The summed E-state index contributed by atoms with van der Waals surface area (Å²) in [5, 5.41) is 10.7. The van der Waals surface area contributed by atoms with Crippen LogP contribution < -0.4 is 10.2 Å². The van der Waals surface area contributed by atoms with Crippen molar-refractivity contribution in [3.05, 3.63) is 29.3 Å². The summed E-state index contributed by atoms with van der Waals surface area (Å²) < 4.78 is 15.7. The van der Waals surface area contributed by atoms with Gasteiger partial charge in [-0.05, 0) is 23.3 Å². The van der Waals surface area contributed by atoms with Gasteiger partial charge in [0.05, 0.1) is 26.9 Å². The molecular formula is C16H21N3O7. The molecule has 142 valence electrons. The number of carbonyl (C=O) groups excluding carboxylic acids is 2. The molecule has 3 rings (SSSR count). The summed E-state index contributed by atoms with van der Waals surface area (Å²) in [6, 6.07) is 2.99. The van der Waals surface area contributed by atoms with E-state index in [0.29, 0.717) is 35.2 Å². The molecule has 0 spiro atoms. The maximum Gasteiger partial charge on any atom is 0.345 e. The Labute approximate surface area is 150 Å². The van der Waals surface area contributed by atoms with E-state index in [-0.39, 0.29) is 13.3 Å². The van der Waals surface area contributed by atoms with E-state index in [0.717, 1.165) is 0 Å². The van der Waals surface area contributed by atoms with Gasteiger partial charge in [-0.3, -0.25) is 14.8 Å². The monoisotopic (exact) mass is 367 g/mol. The lowest BCUT2D eigenvalue weighted by molar-refractivity contribution is -0.136. The number of hydrogen-bond acceptors (Lipinski definition) is 7. The van der Waals surface area contributed by atoms with E-state index in [2.05, 4.69) is 10.3 Å². The predicted octanol–water partition coefficient (Wildman–Crippen LogP) is 0.586. The first-order chi connectivity index (χ1) is 12.6. The molecule has 3 amide bonds. The lowest BCUT2D eigenvalue weighted by atomic mass is 9.90. The van der Waals surface area contributed by atoms with Gasteiger partial charge in [-0.25, -0.2) is 10.3 Å². The Morgan fingerprint density at radius 2 is 2.12 bits per heavy atom. The number of nitrogens with one attached hydrogen (secondary N) is 1. The van der Waals surface area contributed by atoms with Crippen molar-refractivity contribution in [2.45, 2.75) is 12.1 Å². The summed E-state index contributed by atoms with van der Waals surface area (Å²) in [5.74, 6) is 0.0145. The van der Waals surface area contributed by atoms with E-state index in [1.807, 2.05) is 0 Å². The quantitative estimate of drug-likeness (QED) is 0.299. The highest BCUT2D eigenvalue weighted by Gasteiger charge is 2.50. The number of urea groups is 1. The highest BCUT2D eigenvalue weighted by atomic mass is 16.7. The number of benzene rings is 1. The second kappa shape index (κ2) is 7.87. The molecule has 2 aliphatic rings. The number of methoxy groups -OCH3 is 1. The second-order valence-corrected chi connectivity index (χ2v) is 5.82. The number of amides is 3. The van der Waals surface area contributed by atoms with E-state index in [1.54, 1.807) is 25.3 Å². The summed E-state index contributed by atoms with van der Waals surface area (Å²) >= 11 is 0. The smallest absolute Gasteiger partial charge is 0.345 e. The molecular weight excluding hydrogens is 346 g/mol. The first-order valence-corrected chi connectivity index (χ1v) is 8.03. The molecule has 1 aromatic carbocycles. The van der Waals surface area contributed by atoms with E-state index < -0.39 is 24.0 Å². The minimum Gasteiger partial charge on any atom is -0.468 e. The molecule has 2 heterocycles. The number of carbonyl (C=O) groups is 2. The van der Waals surface area contributed by atoms with Gasteiger partial charge in [0.25, 0.3) is 5.91 Å². The van der Waals surface area contributed by atoms with Crippen molar-refractivity contribution in [1.29, 1.82) is 0 Å². The fourth-order valence-corrected chi connectivity index (χ4v) is 3.15. The maximum absolute atomic E-state index is 12.4. The van der Waals surface area contributed by atoms with E-state index in [4.69, 9.17) is 14.2 Å². The Morgan fingerprint density at radius 1 is 1.31 bits per heavy atom. The fourth-order valence-electron chi connectivity index (χ4n) is 3.15. The van der Waals surface area contributed by atoms with Crippen molar-refractivity contribution in [3.8, 4) is 5.75 Å². The van der Waals surface area contributed by atoms with Gasteiger partial charge in [0.15, 0.2) is 6.79 Å². The molecule has 1 fully saturated rings. The Bertz CT molecular complexity index is 684. The van der Waals surface area contributed by atoms with Gasteiger partial charge in [0, 0.05) is 7.11 Å². The minimum atomic E-state index is -0.891. The molecule has 2 bridgehead atoms. The zero-order chi connectivity index (χ0) is 18.7. The van der Waals surface area contributed by atoms with Crippen LogP contribution in [0.25, 0.3) is 0 Å². The van der Waals surface area contributed by atoms with Gasteiger partial charge < -0.3 is 19.1 Å². The Hall–Kier alpha value is -2.40. The molecule has 2 aliphatic heterocycles. The molecule has 26 heavy (non-hydrogen) atoms. The van der Waals surface area contributed by atoms with Gasteiger partial charge in [-0.2, -0.15) is 5.06 Å². The minimum absolute atomic E-state index is 0.0360. The van der Waals surface area contributed by atoms with Gasteiger partial charge in [0.2, 0.25) is 0 Å². The molecule has 1 saturated heterocycles. The first kappa shape index (κ1) is 18.4. The molecule has 0 aromatic heterocycles. The maximum atomic E-state index is 12.4. The van der Waals surface area contributed by atoms with Crippen LogP contribution in [0.4, 0.5) is 4.79 Å². The predicted molar refractivity (Wildman–Crippen MR) is 86.1 cm³/mol. The molecule has 2 atom stereocenters. The number of rotatable bonds is 8. The van der Waals surface area contributed by atoms with Crippen LogP contribution in [0.15, 0.2) is 18.2 Å². The molecule has 0 unspecified atom stereocenters. The van der Waals surface area contributed by atoms with Crippen molar-refractivity contribution >= 4 is 11.9 Å². The standard InChI is InChI=1S/C16H21N3O7/c1-23-5-6-25-9-26-10-3-4-11-12(7-10)13-8-18(16(21)19(13)22)14(11)15(20)17-24-2/h3-4,7,13-14,22H,5-6,8-9H2,1-2H3,(H,17,20)/t13-,14-/m1/s1. The second-order valence-electron chi connectivity index (χ2n) is 5.82. The van der Waals surface area contributed by atoms with E-state index in [9.17, 15) is 14.8 Å². The van der Waals surface area contributed by atoms with Crippen LogP contribution in [0.5, 0.6) is 5.75 Å². The zero-order valence-electron chi connectivity index (χ0n) is 14.5. The van der Waals surface area contributed by atoms with Gasteiger partial charge in [-0.1, -0.05) is 6.07 Å². The normalized spacial score (nSPS) is 21.0. The summed E-state index contributed by atoms with van der Waals surface area (Å²) in [6.45, 7) is 1.09. The van der Waals surface area contributed by atoms with Crippen LogP contribution in [0, 0.1) is 0 Å². The SMILES string of the molecule is COCCOCOc1ccc2c(c1)[C@H]1CN(C(=O)N1O)[C@H]2C(=O)NOC. The van der Waals surface area contributed by atoms with Crippen molar-refractivity contribution < 1.29 is 33.8 Å². The lowest BCUT2D eigenvalue weighted by Crippen LogP contribution is -2.43. The molecule has 10 nitrogen and oxygen atoms in total. The first-order valence-electron chi connectivity index (χ1n) is 8.03. The number of ether oxygens (including phenoxy) is 3. The van der Waals surface area contributed by atoms with Crippen molar-refractivity contribution in [2.24, 2.45) is 0 Å². The Balaban J connectivity index is 1.82. The van der Waals surface area contributed by atoms with Gasteiger partial charge in [-0.15, -0.1) is 0 Å².